The topological polar surface area (TPSA) is 159 Å². The van der Waals surface area contributed by atoms with Gasteiger partial charge >= 0.3 is 17.6 Å². The normalized spacial score (nSPS) is 26.5. The van der Waals surface area contributed by atoms with E-state index in [4.69, 9.17) is 14.2 Å². The minimum Gasteiger partial charge on any atom is -0.459 e. The fourth-order valence-electron chi connectivity index (χ4n) is 4.07. The molecule has 4 atom stereocenters. The molecule has 1 aliphatic heterocycles. The van der Waals surface area contributed by atoms with E-state index in [9.17, 15) is 29.4 Å². The first kappa shape index (κ1) is 24.7. The monoisotopic (exact) mass is 493 g/mol. The number of ether oxygens (including phenoxy) is 3. The lowest BCUT2D eigenvalue weighted by molar-refractivity contribution is -0.218. The zero-order chi connectivity index (χ0) is 25.2. The molecule has 188 valence electrons. The number of esters is 2. The van der Waals surface area contributed by atoms with E-state index in [1.165, 1.54) is 24.5 Å². The van der Waals surface area contributed by atoms with Gasteiger partial charge in [-0.15, -0.1) is 0 Å². The molecule has 4 rings (SSSR count). The minimum atomic E-state index is -2.99. The number of rotatable bonds is 7. The molecule has 0 bridgehead atoms. The molecule has 1 saturated heterocycles. The summed E-state index contributed by atoms with van der Waals surface area (Å²) in [7, 11) is 0. The zero-order valence-corrected chi connectivity index (χ0v) is 18.5. The van der Waals surface area contributed by atoms with Crippen LogP contribution in [-0.4, -0.2) is 60.9 Å². The highest BCUT2D eigenvalue weighted by Gasteiger charge is 2.57. The molecule has 35 heavy (non-hydrogen) atoms. The maximum atomic E-state index is 15.3. The van der Waals surface area contributed by atoms with Gasteiger partial charge in [0.15, 0.2) is 19.6 Å². The van der Waals surface area contributed by atoms with Crippen LogP contribution in [0.3, 0.4) is 0 Å². The molecule has 0 unspecified atom stereocenters. The van der Waals surface area contributed by atoms with Gasteiger partial charge in [0.25, 0.3) is 11.4 Å². The zero-order valence-electron chi connectivity index (χ0n) is 18.5. The number of aliphatic hydroxyl groups excluding tert-OH is 2. The largest absolute Gasteiger partial charge is 0.459 e. The van der Waals surface area contributed by atoms with Crippen LogP contribution >= 0.6 is 0 Å². The molecular formula is C22H24FN3O9. The minimum absolute atomic E-state index is 0.0869. The van der Waals surface area contributed by atoms with Crippen LogP contribution < -0.4 is 11.2 Å². The van der Waals surface area contributed by atoms with Gasteiger partial charge in [-0.05, 0) is 25.0 Å². The molecule has 2 aromatic rings. The summed E-state index contributed by atoms with van der Waals surface area (Å²) in [6, 6.07) is 3.84. The fraction of sp³-hybridized carbons (Fsp3) is 0.500. The standard InChI is InChI=1S/C22H24FN3O9/c23-22(11-33-19(30)13-4-1-2-5-13)17(29)16(28)18(35-22)25-9-7-15(27)26(21(25)32)12-34-20(31)14-6-3-8-24-10-14/h3,6-10,13,16-18,28-29H,1-2,4-5,11-12H2/t16-,17+,18-,22-/m1/s1. The molecule has 1 aliphatic carbocycles. The molecule has 2 aromatic heterocycles. The van der Waals surface area contributed by atoms with Crippen molar-refractivity contribution in [1.29, 1.82) is 0 Å². The third kappa shape index (κ3) is 5.01. The quantitative estimate of drug-likeness (QED) is 0.498. The molecule has 1 saturated carbocycles. The number of pyridine rings is 1. The number of carbonyl (C=O) groups excluding carboxylic acids is 2. The lowest BCUT2D eigenvalue weighted by Crippen LogP contribution is -2.44. The Morgan fingerprint density at radius 2 is 1.94 bits per heavy atom. The van der Waals surface area contributed by atoms with Gasteiger partial charge < -0.3 is 24.4 Å². The van der Waals surface area contributed by atoms with E-state index in [1.807, 2.05) is 0 Å². The molecule has 0 aromatic carbocycles. The first-order valence-electron chi connectivity index (χ1n) is 11.0. The number of aliphatic hydroxyl groups is 2. The van der Waals surface area contributed by atoms with Crippen molar-refractivity contribution >= 4 is 11.9 Å². The second-order valence-electron chi connectivity index (χ2n) is 8.39. The van der Waals surface area contributed by atoms with Crippen LogP contribution in [0.1, 0.15) is 42.3 Å². The second-order valence-corrected chi connectivity index (χ2v) is 8.39. The Balaban J connectivity index is 1.49. The van der Waals surface area contributed by atoms with Crippen molar-refractivity contribution in [3.8, 4) is 0 Å². The average molecular weight is 493 g/mol. The molecular weight excluding hydrogens is 469 g/mol. The van der Waals surface area contributed by atoms with E-state index >= 15 is 4.39 Å². The van der Waals surface area contributed by atoms with Crippen LogP contribution in [0.4, 0.5) is 4.39 Å². The maximum Gasteiger partial charge on any atom is 0.341 e. The van der Waals surface area contributed by atoms with Crippen molar-refractivity contribution in [2.75, 3.05) is 6.61 Å². The molecule has 2 N–H and O–H groups in total. The Bertz CT molecular complexity index is 1190. The number of carbonyl (C=O) groups is 2. The van der Waals surface area contributed by atoms with Gasteiger partial charge in [-0.25, -0.2) is 18.5 Å². The Hall–Kier alpha value is -3.42. The molecule has 2 aliphatic rings. The van der Waals surface area contributed by atoms with Crippen LogP contribution in [0, 0.1) is 5.92 Å². The predicted octanol–water partition coefficient (Wildman–Crippen LogP) is -0.131. The van der Waals surface area contributed by atoms with Crippen LogP contribution in [0.15, 0.2) is 46.4 Å². The van der Waals surface area contributed by atoms with E-state index < -0.39 is 60.8 Å². The molecule has 12 nitrogen and oxygen atoms in total. The number of hydrogen-bond donors (Lipinski definition) is 2. The molecule has 13 heteroatoms. The Morgan fingerprint density at radius 3 is 2.63 bits per heavy atom. The number of aromatic nitrogens is 3. The van der Waals surface area contributed by atoms with Crippen molar-refractivity contribution in [2.45, 2.75) is 56.7 Å². The second kappa shape index (κ2) is 10.1. The highest BCUT2D eigenvalue weighted by molar-refractivity contribution is 5.88. The average Bonchev–Trinajstić information content (AvgIpc) is 3.47. The van der Waals surface area contributed by atoms with E-state index in [-0.39, 0.29) is 11.5 Å². The summed E-state index contributed by atoms with van der Waals surface area (Å²) in [6.07, 6.45) is 0.732. The van der Waals surface area contributed by atoms with Crippen molar-refractivity contribution in [3.05, 3.63) is 63.2 Å². The summed E-state index contributed by atoms with van der Waals surface area (Å²) < 4.78 is 31.6. The van der Waals surface area contributed by atoms with Gasteiger partial charge in [-0.3, -0.25) is 19.1 Å². The van der Waals surface area contributed by atoms with E-state index in [2.05, 4.69) is 4.98 Å². The first-order chi connectivity index (χ1) is 16.7. The van der Waals surface area contributed by atoms with Gasteiger partial charge in [0.1, 0.15) is 12.2 Å². The van der Waals surface area contributed by atoms with Crippen molar-refractivity contribution in [3.63, 3.8) is 0 Å². The number of hydrogen-bond acceptors (Lipinski definition) is 10. The first-order valence-corrected chi connectivity index (χ1v) is 11.0. The Labute approximate surface area is 197 Å². The smallest absolute Gasteiger partial charge is 0.341 e. The van der Waals surface area contributed by atoms with Gasteiger partial charge in [0.05, 0.1) is 11.5 Å². The molecule has 0 amide bonds. The van der Waals surface area contributed by atoms with Gasteiger partial charge in [-0.2, -0.15) is 0 Å². The summed E-state index contributed by atoms with van der Waals surface area (Å²) in [5.74, 6) is -4.84. The lowest BCUT2D eigenvalue weighted by Gasteiger charge is -2.23. The van der Waals surface area contributed by atoms with Crippen molar-refractivity contribution in [1.82, 2.24) is 14.1 Å². The van der Waals surface area contributed by atoms with Crippen LogP contribution in [-0.2, 0) is 25.7 Å². The third-order valence-electron chi connectivity index (χ3n) is 6.07. The molecule has 0 radical (unpaired) electrons. The van der Waals surface area contributed by atoms with Crippen LogP contribution in [0.25, 0.3) is 0 Å². The van der Waals surface area contributed by atoms with Crippen molar-refractivity contribution in [2.24, 2.45) is 5.92 Å². The van der Waals surface area contributed by atoms with Crippen LogP contribution in [0.5, 0.6) is 0 Å². The third-order valence-corrected chi connectivity index (χ3v) is 6.07. The van der Waals surface area contributed by atoms with E-state index in [0.29, 0.717) is 22.0 Å². The molecule has 3 heterocycles. The van der Waals surface area contributed by atoms with Gasteiger partial charge in [0, 0.05) is 24.7 Å². The summed E-state index contributed by atoms with van der Waals surface area (Å²) in [5.41, 5.74) is -1.85. The number of alkyl halides is 1. The molecule has 2 fully saturated rings. The summed E-state index contributed by atoms with van der Waals surface area (Å²) >= 11 is 0. The number of halogens is 1. The SMILES string of the molecule is O=C(OCn1c(=O)ccn([C@@H]2O[C@](F)(COC(=O)C3CCCC3)[C@@H](O)[C@H]2O)c1=O)c1cccnc1. The maximum absolute atomic E-state index is 15.3. The Morgan fingerprint density at radius 1 is 1.20 bits per heavy atom. The van der Waals surface area contributed by atoms with E-state index in [1.54, 1.807) is 0 Å². The van der Waals surface area contributed by atoms with Crippen molar-refractivity contribution < 1.29 is 38.4 Å². The van der Waals surface area contributed by atoms with E-state index in [0.717, 1.165) is 25.1 Å². The Kier molecular flexibility index (Phi) is 7.10. The highest BCUT2D eigenvalue weighted by Crippen LogP contribution is 2.38. The molecule has 0 spiro atoms. The lowest BCUT2D eigenvalue weighted by atomic mass is 10.1. The number of nitrogens with zero attached hydrogens (tertiary/aromatic N) is 3. The van der Waals surface area contributed by atoms with Gasteiger partial charge in [0.2, 0.25) is 0 Å². The predicted molar refractivity (Wildman–Crippen MR) is 114 cm³/mol. The van der Waals surface area contributed by atoms with Gasteiger partial charge in [-0.1, -0.05) is 12.8 Å². The fourth-order valence-corrected chi connectivity index (χ4v) is 4.07. The summed E-state index contributed by atoms with van der Waals surface area (Å²) in [6.45, 7) is -1.77. The highest BCUT2D eigenvalue weighted by atomic mass is 19.2. The van der Waals surface area contributed by atoms with Crippen LogP contribution in [0.2, 0.25) is 0 Å². The summed E-state index contributed by atoms with van der Waals surface area (Å²) in [4.78, 5) is 53.1. The summed E-state index contributed by atoms with van der Waals surface area (Å²) in [5, 5.41) is 20.6.